The Morgan fingerprint density at radius 2 is 2.16 bits per heavy atom. The predicted octanol–water partition coefficient (Wildman–Crippen LogP) is 1.09. The molecule has 0 spiro atoms. The SMILES string of the molecule is CC1C(=O)NCC(=O)N1c1cccc2ccncc12. The summed E-state index contributed by atoms with van der Waals surface area (Å²) in [6.45, 7) is 1.77. The number of amides is 2. The van der Waals surface area contributed by atoms with Crippen molar-refractivity contribution < 1.29 is 9.59 Å². The minimum absolute atomic E-state index is 0.0415. The van der Waals surface area contributed by atoms with Crippen LogP contribution in [0, 0.1) is 0 Å². The molecule has 1 aliphatic rings. The second-order valence-electron chi connectivity index (χ2n) is 4.53. The predicted molar refractivity (Wildman–Crippen MR) is 71.7 cm³/mol. The lowest BCUT2D eigenvalue weighted by molar-refractivity contribution is -0.130. The summed E-state index contributed by atoms with van der Waals surface area (Å²) in [5, 5.41) is 4.46. The Hall–Kier alpha value is -2.43. The van der Waals surface area contributed by atoms with Crippen LogP contribution in [0.4, 0.5) is 5.69 Å². The number of fused-ring (bicyclic) bond motifs is 1. The minimum Gasteiger partial charge on any atom is -0.345 e. The van der Waals surface area contributed by atoms with E-state index in [9.17, 15) is 9.59 Å². The van der Waals surface area contributed by atoms with Crippen LogP contribution in [0.5, 0.6) is 0 Å². The number of hydrogen-bond acceptors (Lipinski definition) is 3. The van der Waals surface area contributed by atoms with Crippen molar-refractivity contribution >= 4 is 28.3 Å². The van der Waals surface area contributed by atoms with Gasteiger partial charge in [0.15, 0.2) is 0 Å². The molecule has 5 heteroatoms. The summed E-state index contributed by atoms with van der Waals surface area (Å²) in [7, 11) is 0. The topological polar surface area (TPSA) is 62.3 Å². The number of pyridine rings is 1. The fourth-order valence-electron chi connectivity index (χ4n) is 2.38. The molecule has 0 bridgehead atoms. The molecule has 1 aromatic heterocycles. The van der Waals surface area contributed by atoms with Crippen LogP contribution in [0.25, 0.3) is 10.8 Å². The molecule has 19 heavy (non-hydrogen) atoms. The Morgan fingerprint density at radius 3 is 3.00 bits per heavy atom. The second-order valence-corrected chi connectivity index (χ2v) is 4.53. The number of carbonyl (C=O) groups excluding carboxylic acids is 2. The molecular formula is C14H13N3O2. The normalized spacial score (nSPS) is 19.6. The Balaban J connectivity index is 2.17. The summed E-state index contributed by atoms with van der Waals surface area (Å²) >= 11 is 0. The van der Waals surface area contributed by atoms with Crippen molar-refractivity contribution in [1.82, 2.24) is 10.3 Å². The van der Waals surface area contributed by atoms with Gasteiger partial charge in [-0.05, 0) is 24.4 Å². The number of carbonyl (C=O) groups is 2. The smallest absolute Gasteiger partial charge is 0.247 e. The van der Waals surface area contributed by atoms with Crippen molar-refractivity contribution in [3.63, 3.8) is 0 Å². The number of nitrogens with zero attached hydrogens (tertiary/aromatic N) is 2. The first-order valence-corrected chi connectivity index (χ1v) is 6.11. The molecule has 1 N–H and O–H groups in total. The first kappa shape index (κ1) is 11.6. The highest BCUT2D eigenvalue weighted by Gasteiger charge is 2.32. The summed E-state index contributed by atoms with van der Waals surface area (Å²) in [6, 6.07) is 7.06. The number of hydrogen-bond donors (Lipinski definition) is 1. The minimum atomic E-state index is -0.507. The summed E-state index contributed by atoms with van der Waals surface area (Å²) < 4.78 is 0. The quantitative estimate of drug-likeness (QED) is 0.829. The first-order chi connectivity index (χ1) is 9.18. The molecule has 5 nitrogen and oxygen atoms in total. The van der Waals surface area contributed by atoms with E-state index in [0.29, 0.717) is 0 Å². The maximum absolute atomic E-state index is 12.1. The zero-order chi connectivity index (χ0) is 13.4. The lowest BCUT2D eigenvalue weighted by atomic mass is 10.1. The Labute approximate surface area is 110 Å². The molecule has 0 aliphatic carbocycles. The summed E-state index contributed by atoms with van der Waals surface area (Å²) in [5.74, 6) is -0.246. The number of piperazine rings is 1. The highest BCUT2D eigenvalue weighted by atomic mass is 16.2. The van der Waals surface area contributed by atoms with Gasteiger partial charge in [-0.25, -0.2) is 0 Å². The van der Waals surface area contributed by atoms with Gasteiger partial charge in [-0.2, -0.15) is 0 Å². The number of rotatable bonds is 1. The Morgan fingerprint density at radius 1 is 1.32 bits per heavy atom. The van der Waals surface area contributed by atoms with E-state index in [1.54, 1.807) is 24.2 Å². The van der Waals surface area contributed by atoms with Gasteiger partial charge in [-0.15, -0.1) is 0 Å². The highest BCUT2D eigenvalue weighted by Crippen LogP contribution is 2.28. The zero-order valence-electron chi connectivity index (χ0n) is 10.5. The Bertz CT molecular complexity index is 663. The van der Waals surface area contributed by atoms with Crippen LogP contribution in [0.3, 0.4) is 0 Å². The van der Waals surface area contributed by atoms with Crippen molar-refractivity contribution in [3.8, 4) is 0 Å². The maximum atomic E-state index is 12.1. The second kappa shape index (κ2) is 4.35. The number of aromatic nitrogens is 1. The van der Waals surface area contributed by atoms with Crippen LogP contribution < -0.4 is 10.2 Å². The van der Waals surface area contributed by atoms with E-state index in [1.807, 2.05) is 24.3 Å². The molecule has 0 saturated carbocycles. The van der Waals surface area contributed by atoms with Gasteiger partial charge in [0.1, 0.15) is 6.04 Å². The number of benzene rings is 1. The standard InChI is InChI=1S/C14H13N3O2/c1-9-14(19)16-8-13(18)17(9)12-4-2-3-10-5-6-15-7-11(10)12/h2-7,9H,8H2,1H3,(H,16,19). The van der Waals surface area contributed by atoms with Gasteiger partial charge in [-0.3, -0.25) is 19.5 Å². The molecule has 1 fully saturated rings. The fraction of sp³-hybridized carbons (Fsp3) is 0.214. The molecule has 2 amide bonds. The van der Waals surface area contributed by atoms with Gasteiger partial charge in [0, 0.05) is 17.8 Å². The molecule has 2 aromatic rings. The largest absolute Gasteiger partial charge is 0.345 e. The molecule has 1 saturated heterocycles. The third-order valence-electron chi connectivity index (χ3n) is 3.37. The molecule has 1 atom stereocenters. The van der Waals surface area contributed by atoms with Crippen molar-refractivity contribution in [3.05, 3.63) is 36.7 Å². The molecule has 0 radical (unpaired) electrons. The van der Waals surface area contributed by atoms with Crippen LogP contribution in [0.1, 0.15) is 6.92 Å². The van der Waals surface area contributed by atoms with E-state index in [-0.39, 0.29) is 18.4 Å². The molecular weight excluding hydrogens is 242 g/mol. The number of nitrogens with one attached hydrogen (secondary N) is 1. The average molecular weight is 255 g/mol. The van der Waals surface area contributed by atoms with Crippen molar-refractivity contribution in [2.45, 2.75) is 13.0 Å². The van der Waals surface area contributed by atoms with E-state index in [0.717, 1.165) is 16.5 Å². The fourth-order valence-corrected chi connectivity index (χ4v) is 2.38. The van der Waals surface area contributed by atoms with E-state index in [1.165, 1.54) is 0 Å². The zero-order valence-corrected chi connectivity index (χ0v) is 10.5. The third kappa shape index (κ3) is 1.83. The van der Waals surface area contributed by atoms with E-state index < -0.39 is 6.04 Å². The molecule has 96 valence electrons. The van der Waals surface area contributed by atoms with Crippen LogP contribution >= 0.6 is 0 Å². The molecule has 1 aromatic carbocycles. The molecule has 2 heterocycles. The van der Waals surface area contributed by atoms with Crippen LogP contribution in [0.2, 0.25) is 0 Å². The monoisotopic (exact) mass is 255 g/mol. The van der Waals surface area contributed by atoms with Gasteiger partial charge in [0.2, 0.25) is 11.8 Å². The van der Waals surface area contributed by atoms with Gasteiger partial charge in [0.25, 0.3) is 0 Å². The summed E-state index contributed by atoms with van der Waals surface area (Å²) in [4.78, 5) is 29.5. The van der Waals surface area contributed by atoms with Crippen molar-refractivity contribution in [1.29, 1.82) is 0 Å². The van der Waals surface area contributed by atoms with Gasteiger partial charge < -0.3 is 5.32 Å². The van der Waals surface area contributed by atoms with E-state index >= 15 is 0 Å². The molecule has 1 aliphatic heterocycles. The Kier molecular flexibility index (Phi) is 2.67. The lowest BCUT2D eigenvalue weighted by Crippen LogP contribution is -2.57. The van der Waals surface area contributed by atoms with Crippen LogP contribution in [-0.4, -0.2) is 29.4 Å². The third-order valence-corrected chi connectivity index (χ3v) is 3.37. The van der Waals surface area contributed by atoms with Crippen LogP contribution in [0.15, 0.2) is 36.7 Å². The van der Waals surface area contributed by atoms with Crippen molar-refractivity contribution in [2.75, 3.05) is 11.4 Å². The van der Waals surface area contributed by atoms with Crippen LogP contribution in [-0.2, 0) is 9.59 Å². The van der Waals surface area contributed by atoms with Crippen molar-refractivity contribution in [2.24, 2.45) is 0 Å². The highest BCUT2D eigenvalue weighted by molar-refractivity contribution is 6.10. The lowest BCUT2D eigenvalue weighted by Gasteiger charge is -2.33. The average Bonchev–Trinajstić information content (AvgIpc) is 2.44. The van der Waals surface area contributed by atoms with Gasteiger partial charge in [-0.1, -0.05) is 12.1 Å². The van der Waals surface area contributed by atoms with Gasteiger partial charge in [0.05, 0.1) is 12.2 Å². The first-order valence-electron chi connectivity index (χ1n) is 6.11. The van der Waals surface area contributed by atoms with E-state index in [4.69, 9.17) is 0 Å². The van der Waals surface area contributed by atoms with E-state index in [2.05, 4.69) is 10.3 Å². The van der Waals surface area contributed by atoms with Gasteiger partial charge >= 0.3 is 0 Å². The maximum Gasteiger partial charge on any atom is 0.247 e. The summed E-state index contributed by atoms with van der Waals surface area (Å²) in [5.41, 5.74) is 0.734. The molecule has 1 unspecified atom stereocenters. The molecule has 3 rings (SSSR count). The number of anilines is 1. The summed E-state index contributed by atoms with van der Waals surface area (Å²) in [6.07, 6.45) is 3.43.